The molecule has 5 heteroatoms. The zero-order valence-electron chi connectivity index (χ0n) is 20.3. The topological polar surface area (TPSA) is 69.7 Å². The van der Waals surface area contributed by atoms with Crippen molar-refractivity contribution in [2.24, 2.45) is 23.2 Å². The summed E-state index contributed by atoms with van der Waals surface area (Å²) in [6, 6.07) is 0. The van der Waals surface area contributed by atoms with Gasteiger partial charge in [0, 0.05) is 31.1 Å². The Morgan fingerprint density at radius 3 is 2.55 bits per heavy atom. The lowest BCUT2D eigenvalue weighted by Crippen LogP contribution is -2.32. The number of esters is 2. The van der Waals surface area contributed by atoms with Crippen LogP contribution in [0.1, 0.15) is 86.0 Å². The van der Waals surface area contributed by atoms with Crippen LogP contribution in [-0.4, -0.2) is 30.9 Å². The molecule has 0 heterocycles. The van der Waals surface area contributed by atoms with Gasteiger partial charge in [0.15, 0.2) is 0 Å². The van der Waals surface area contributed by atoms with E-state index in [1.807, 2.05) is 6.08 Å². The minimum Gasteiger partial charge on any atom is -0.469 e. The van der Waals surface area contributed by atoms with Gasteiger partial charge >= 0.3 is 11.9 Å². The number of ketones is 1. The first kappa shape index (κ1) is 27.1. The Morgan fingerprint density at radius 2 is 1.94 bits per heavy atom. The molecular weight excluding hydrogens is 392 g/mol. The first-order chi connectivity index (χ1) is 14.6. The molecule has 0 unspecified atom stereocenters. The first-order valence-corrected chi connectivity index (χ1v) is 11.7. The third-order valence-corrected chi connectivity index (χ3v) is 6.34. The quantitative estimate of drug-likeness (QED) is 0.207. The molecule has 0 aromatic heterocycles. The summed E-state index contributed by atoms with van der Waals surface area (Å²) < 4.78 is 10.3. The predicted octanol–water partition coefficient (Wildman–Crippen LogP) is 5.82. The van der Waals surface area contributed by atoms with Crippen molar-refractivity contribution in [1.29, 1.82) is 0 Å². The second-order valence-electron chi connectivity index (χ2n) is 9.51. The molecule has 0 bridgehead atoms. The molecule has 0 radical (unpaired) electrons. The van der Waals surface area contributed by atoms with Gasteiger partial charge in [-0.25, -0.2) is 0 Å². The summed E-state index contributed by atoms with van der Waals surface area (Å²) >= 11 is 0. The average molecular weight is 435 g/mol. The van der Waals surface area contributed by atoms with Crippen LogP contribution in [0, 0.1) is 23.2 Å². The molecule has 0 saturated heterocycles. The number of unbranched alkanes of at least 4 members (excludes halogenated alkanes) is 2. The molecular formula is C26H42O5. The molecule has 5 nitrogen and oxygen atoms in total. The van der Waals surface area contributed by atoms with E-state index < -0.39 is 0 Å². The summed E-state index contributed by atoms with van der Waals surface area (Å²) in [6.07, 6.45) is 14.4. The third kappa shape index (κ3) is 9.40. The fraction of sp³-hybridized carbons (Fsp3) is 0.731. The summed E-state index contributed by atoms with van der Waals surface area (Å²) in [5.41, 5.74) is -0.154. The van der Waals surface area contributed by atoms with E-state index in [0.29, 0.717) is 25.0 Å². The zero-order valence-corrected chi connectivity index (χ0v) is 20.3. The van der Waals surface area contributed by atoms with E-state index in [-0.39, 0.29) is 41.2 Å². The number of ether oxygens (including phenoxy) is 2. The van der Waals surface area contributed by atoms with E-state index in [1.165, 1.54) is 14.0 Å². The summed E-state index contributed by atoms with van der Waals surface area (Å²) in [7, 11) is 1.40. The molecule has 1 aliphatic carbocycles. The number of carbonyl (C=O) groups excluding carboxylic acids is 3. The lowest BCUT2D eigenvalue weighted by atomic mass is 9.79. The second kappa shape index (κ2) is 13.5. The van der Waals surface area contributed by atoms with Gasteiger partial charge in [0.25, 0.3) is 0 Å². The van der Waals surface area contributed by atoms with Crippen LogP contribution in [0.2, 0.25) is 0 Å². The SMILES string of the molecule is CCCCC(C)(C)[C@@H](C=C[C@@H]1[C@H](C)CC(=O)[C@@H]1C/C=C\CCCC(=O)OC)OC(C)=O. The molecule has 1 rings (SSSR count). The molecule has 0 amide bonds. The van der Waals surface area contributed by atoms with E-state index in [4.69, 9.17) is 4.74 Å². The second-order valence-corrected chi connectivity index (χ2v) is 9.51. The molecule has 0 N–H and O–H groups in total. The van der Waals surface area contributed by atoms with E-state index in [9.17, 15) is 14.4 Å². The number of methoxy groups -OCH3 is 1. The highest BCUT2D eigenvalue weighted by atomic mass is 16.5. The molecule has 1 saturated carbocycles. The van der Waals surface area contributed by atoms with Crippen LogP contribution in [0.25, 0.3) is 0 Å². The highest BCUT2D eigenvalue weighted by molar-refractivity contribution is 5.84. The Hall–Kier alpha value is -1.91. The zero-order chi connectivity index (χ0) is 23.4. The Labute approximate surface area is 188 Å². The van der Waals surface area contributed by atoms with Crippen molar-refractivity contribution in [1.82, 2.24) is 0 Å². The third-order valence-electron chi connectivity index (χ3n) is 6.34. The van der Waals surface area contributed by atoms with E-state index >= 15 is 0 Å². The summed E-state index contributed by atoms with van der Waals surface area (Å²) in [4.78, 5) is 35.5. The fourth-order valence-electron chi connectivity index (χ4n) is 4.30. The number of rotatable bonds is 13. The number of hydrogen-bond acceptors (Lipinski definition) is 5. The molecule has 31 heavy (non-hydrogen) atoms. The van der Waals surface area contributed by atoms with Gasteiger partial charge in [-0.1, -0.05) is 58.8 Å². The molecule has 176 valence electrons. The minimum absolute atomic E-state index is 0.0418. The van der Waals surface area contributed by atoms with E-state index in [1.54, 1.807) is 0 Å². The van der Waals surface area contributed by atoms with Crippen molar-refractivity contribution < 1.29 is 23.9 Å². The smallest absolute Gasteiger partial charge is 0.305 e. The molecule has 0 aromatic rings. The molecule has 1 aliphatic rings. The van der Waals surface area contributed by atoms with Gasteiger partial charge in [-0.05, 0) is 43.6 Å². The highest BCUT2D eigenvalue weighted by Gasteiger charge is 2.38. The standard InChI is InChI=1S/C26H42O5/c1-7-8-17-26(4,5)24(31-20(3)27)16-15-21-19(2)18-23(28)22(21)13-11-9-10-12-14-25(29)30-6/h9,11,15-16,19,21-22,24H,7-8,10,12-14,17-18H2,1-6H3/b11-9-,16-15?/t19-,21-,22-,24-/m1/s1. The minimum atomic E-state index is -0.297. The van der Waals surface area contributed by atoms with Crippen molar-refractivity contribution in [3.05, 3.63) is 24.3 Å². The first-order valence-electron chi connectivity index (χ1n) is 11.7. The molecule has 0 aromatic carbocycles. The largest absolute Gasteiger partial charge is 0.469 e. The van der Waals surface area contributed by atoms with Gasteiger partial charge < -0.3 is 9.47 Å². The predicted molar refractivity (Wildman–Crippen MR) is 123 cm³/mol. The maximum absolute atomic E-state index is 12.6. The van der Waals surface area contributed by atoms with Gasteiger partial charge in [0.2, 0.25) is 0 Å². The Bertz CT molecular complexity index is 646. The van der Waals surface area contributed by atoms with Crippen LogP contribution in [0.15, 0.2) is 24.3 Å². The van der Waals surface area contributed by atoms with Crippen LogP contribution >= 0.6 is 0 Å². The fourth-order valence-corrected chi connectivity index (χ4v) is 4.30. The molecule has 4 atom stereocenters. The number of allylic oxidation sites excluding steroid dienone is 3. The van der Waals surface area contributed by atoms with Gasteiger partial charge in [-0.3, -0.25) is 14.4 Å². The summed E-state index contributed by atoms with van der Waals surface area (Å²) in [5.74, 6) is 0.213. The van der Waals surface area contributed by atoms with Gasteiger partial charge in [0.05, 0.1) is 7.11 Å². The lowest BCUT2D eigenvalue weighted by Gasteiger charge is -2.32. The van der Waals surface area contributed by atoms with Crippen molar-refractivity contribution in [3.63, 3.8) is 0 Å². The van der Waals surface area contributed by atoms with Crippen LogP contribution in [0.3, 0.4) is 0 Å². The lowest BCUT2D eigenvalue weighted by molar-refractivity contribution is -0.149. The van der Waals surface area contributed by atoms with E-state index in [2.05, 4.69) is 50.7 Å². The summed E-state index contributed by atoms with van der Waals surface area (Å²) in [5, 5.41) is 0. The number of Topliss-reactive ketones (excluding diaryl/α,β-unsaturated/α-hetero) is 1. The van der Waals surface area contributed by atoms with Crippen LogP contribution in [-0.2, 0) is 23.9 Å². The van der Waals surface area contributed by atoms with Crippen molar-refractivity contribution in [2.75, 3.05) is 7.11 Å². The molecule has 1 fully saturated rings. The monoisotopic (exact) mass is 434 g/mol. The number of hydrogen-bond donors (Lipinski definition) is 0. The van der Waals surface area contributed by atoms with Crippen molar-refractivity contribution in [3.8, 4) is 0 Å². The van der Waals surface area contributed by atoms with Crippen molar-refractivity contribution >= 4 is 17.7 Å². The van der Waals surface area contributed by atoms with Crippen LogP contribution in [0.4, 0.5) is 0 Å². The van der Waals surface area contributed by atoms with Crippen LogP contribution < -0.4 is 0 Å². The highest BCUT2D eigenvalue weighted by Crippen LogP contribution is 2.39. The Morgan fingerprint density at radius 1 is 1.23 bits per heavy atom. The van der Waals surface area contributed by atoms with Gasteiger partial charge in [-0.15, -0.1) is 0 Å². The Kier molecular flexibility index (Phi) is 11.8. The van der Waals surface area contributed by atoms with Crippen LogP contribution in [0.5, 0.6) is 0 Å². The maximum Gasteiger partial charge on any atom is 0.305 e. The Balaban J connectivity index is 2.80. The van der Waals surface area contributed by atoms with E-state index in [0.717, 1.165) is 32.1 Å². The maximum atomic E-state index is 12.6. The van der Waals surface area contributed by atoms with Gasteiger partial charge in [-0.2, -0.15) is 0 Å². The van der Waals surface area contributed by atoms with Gasteiger partial charge in [0.1, 0.15) is 11.9 Å². The molecule has 0 aliphatic heterocycles. The number of carbonyl (C=O) groups is 3. The summed E-state index contributed by atoms with van der Waals surface area (Å²) in [6.45, 7) is 10.0. The normalized spacial score (nSPS) is 22.9. The average Bonchev–Trinajstić information content (AvgIpc) is 2.97. The molecule has 0 spiro atoms. The van der Waals surface area contributed by atoms with Crippen molar-refractivity contribution in [2.45, 2.75) is 92.1 Å².